The van der Waals surface area contributed by atoms with Crippen LogP contribution in [0.3, 0.4) is 0 Å². The fraction of sp³-hybridized carbons (Fsp3) is 0.636. The highest BCUT2D eigenvalue weighted by Gasteiger charge is 2.78. The summed E-state index contributed by atoms with van der Waals surface area (Å²) in [6.45, 7) is 30.1. The molecule has 0 radical (unpaired) electrons. The van der Waals surface area contributed by atoms with Gasteiger partial charge in [0.2, 0.25) is 0 Å². The zero-order valence-electron chi connectivity index (χ0n) is 18.7. The maximum atomic E-state index is 2.63. The lowest BCUT2D eigenvalue weighted by Gasteiger charge is -2.54. The lowest BCUT2D eigenvalue weighted by molar-refractivity contribution is -0.00100. The molecule has 0 N–H and O–H groups in total. The van der Waals surface area contributed by atoms with Crippen molar-refractivity contribution in [2.45, 2.75) is 65.7 Å². The molecule has 0 nitrogen and oxygen atoms in total. The Morgan fingerprint density at radius 1 is 0.500 bits per heavy atom. The molecule has 26 heavy (non-hydrogen) atoms. The summed E-state index contributed by atoms with van der Waals surface area (Å²) in [5.74, 6) is 0. The summed E-state index contributed by atoms with van der Waals surface area (Å²) in [5, 5.41) is 4.24. The third-order valence-electron chi connectivity index (χ3n) is 8.70. The van der Waals surface area contributed by atoms with Gasteiger partial charge in [-0.2, -0.15) is 0 Å². The number of hydrogen-bond acceptors (Lipinski definition) is 0. The van der Waals surface area contributed by atoms with E-state index in [2.05, 4.69) is 82.0 Å². The van der Waals surface area contributed by atoms with Crippen molar-refractivity contribution in [3.63, 3.8) is 0 Å². The van der Waals surface area contributed by atoms with Crippen LogP contribution in [-0.4, -0.2) is 37.0 Å². The molecule has 3 rings (SSSR count). The van der Waals surface area contributed by atoms with Crippen LogP contribution in [-0.2, 0) is 0 Å². The summed E-state index contributed by atoms with van der Waals surface area (Å²) in [5.41, 5.74) is 9.72. The molecule has 0 amide bonds. The first kappa shape index (κ1) is 25.3. The number of fused-ring (bicyclic) bond motifs is 2. The van der Waals surface area contributed by atoms with Gasteiger partial charge in [-0.3, -0.25) is 0 Å². The van der Waals surface area contributed by atoms with Crippen molar-refractivity contribution < 1.29 is 48.0 Å². The molecule has 2 aliphatic carbocycles. The minimum Gasteiger partial charge on any atom is -1.00 e. The van der Waals surface area contributed by atoms with Crippen molar-refractivity contribution in [2.24, 2.45) is 0 Å². The lowest BCUT2D eigenvalue weighted by Crippen LogP contribution is -3.00. The van der Waals surface area contributed by atoms with Crippen molar-refractivity contribution in [1.29, 1.82) is 0 Å². The van der Waals surface area contributed by atoms with Crippen LogP contribution >= 0.6 is 14.5 Å². The van der Waals surface area contributed by atoms with Gasteiger partial charge in [-0.15, -0.1) is 0 Å². The molecule has 1 saturated heterocycles. The van der Waals surface area contributed by atoms with E-state index in [1.54, 1.807) is 33.4 Å². The Hall–Kier alpha value is 1.28. The van der Waals surface area contributed by atoms with E-state index < -0.39 is 14.5 Å². The predicted molar refractivity (Wildman–Crippen MR) is 116 cm³/mol. The first-order valence-corrected chi connectivity index (χ1v) is 14.5. The monoisotopic (exact) mass is 616 g/mol. The Balaban J connectivity index is 0.00000169. The van der Waals surface area contributed by atoms with E-state index in [0.29, 0.717) is 0 Å². The summed E-state index contributed by atoms with van der Waals surface area (Å²) in [4.78, 5) is 0. The average molecular weight is 616 g/mol. The van der Waals surface area contributed by atoms with Gasteiger partial charge in [-0.25, -0.2) is 0 Å². The fourth-order valence-corrected chi connectivity index (χ4v) is 18.3. The Morgan fingerprint density at radius 3 is 0.962 bits per heavy atom. The molecule has 4 heteroatoms. The Kier molecular flexibility index (Phi) is 6.73. The van der Waals surface area contributed by atoms with Gasteiger partial charge in [0.05, 0.1) is 41.2 Å². The van der Waals surface area contributed by atoms with Crippen molar-refractivity contribution in [3.8, 4) is 0 Å². The van der Waals surface area contributed by atoms with Crippen LogP contribution in [0.2, 0.25) is 0 Å². The van der Waals surface area contributed by atoms with Crippen LogP contribution in [0.5, 0.6) is 0 Å². The molecular formula is C22H36I2P2. The van der Waals surface area contributed by atoms with Crippen LogP contribution < -0.4 is 48.0 Å². The number of allylic oxidation sites excluding steroid dienone is 8. The first-order chi connectivity index (χ1) is 10.7. The maximum absolute atomic E-state index is 2.63. The molecule has 0 spiro atoms. The van der Waals surface area contributed by atoms with Crippen molar-refractivity contribution >= 4 is 14.5 Å². The molecule has 1 fully saturated rings. The highest BCUT2D eigenvalue weighted by molar-refractivity contribution is 7.89. The second-order valence-corrected chi connectivity index (χ2v) is 18.0. The minimum absolute atomic E-state index is 0. The normalized spacial score (nSPS) is 34.6. The Labute approximate surface area is 197 Å². The molecule has 0 saturated carbocycles. The van der Waals surface area contributed by atoms with Gasteiger partial charge in [0.15, 0.2) is 10.3 Å². The van der Waals surface area contributed by atoms with Crippen LogP contribution in [0.25, 0.3) is 0 Å². The number of halogens is 2. The quantitative estimate of drug-likeness (QED) is 0.285. The minimum atomic E-state index is -1.31. The topological polar surface area (TPSA) is 0 Å². The smallest absolute Gasteiger partial charge is 0.158 e. The zero-order valence-corrected chi connectivity index (χ0v) is 24.8. The molecule has 3 aliphatic rings. The lowest BCUT2D eigenvalue weighted by atomic mass is 10.0. The fourth-order valence-electron chi connectivity index (χ4n) is 6.48. The molecule has 2 atom stereocenters. The summed E-state index contributed by atoms with van der Waals surface area (Å²) >= 11 is 0. The molecular weight excluding hydrogens is 580 g/mol. The van der Waals surface area contributed by atoms with E-state index in [1.807, 2.05) is 10.6 Å². The highest BCUT2D eigenvalue weighted by atomic mass is 127. The van der Waals surface area contributed by atoms with Gasteiger partial charge < -0.3 is 48.0 Å². The second kappa shape index (κ2) is 6.92. The number of rotatable bonds is 0. The van der Waals surface area contributed by atoms with Crippen molar-refractivity contribution in [1.82, 2.24) is 0 Å². The molecule has 1 heterocycles. The zero-order chi connectivity index (χ0) is 18.6. The highest BCUT2D eigenvalue weighted by Crippen LogP contribution is 2.95. The van der Waals surface area contributed by atoms with Crippen molar-refractivity contribution in [2.75, 3.05) is 26.7 Å². The van der Waals surface area contributed by atoms with Crippen LogP contribution in [0, 0.1) is 0 Å². The van der Waals surface area contributed by atoms with Gasteiger partial charge in [0, 0.05) is 0 Å². The number of hydrogen-bond donors (Lipinski definition) is 0. The summed E-state index contributed by atoms with van der Waals surface area (Å²) in [6.07, 6.45) is 0. The van der Waals surface area contributed by atoms with E-state index in [4.69, 9.17) is 0 Å². The maximum Gasteiger partial charge on any atom is 0.158 e. The van der Waals surface area contributed by atoms with E-state index in [-0.39, 0.29) is 58.3 Å². The molecule has 148 valence electrons. The standard InChI is InChI=1S/C22H36P2.2HI/c1-13-15(3)19-21(7,17(13)5)24(11,12)20-16(4)14(2)18(6)22(20,8)23(19,9)10;;/h1-12H3;2*1H/q+2;;/p-2. The second-order valence-electron chi connectivity index (χ2n) is 9.50. The Bertz CT molecular complexity index is 740. The third kappa shape index (κ3) is 2.37. The largest absolute Gasteiger partial charge is 1.00 e. The summed E-state index contributed by atoms with van der Waals surface area (Å²) in [7, 11) is -2.63. The molecule has 1 aliphatic heterocycles. The Morgan fingerprint density at radius 2 is 0.731 bits per heavy atom. The molecule has 0 bridgehead atoms. The van der Waals surface area contributed by atoms with Gasteiger partial charge in [-0.1, -0.05) is 0 Å². The SMILES string of the molecule is CC1=C(C)C2(C)C(=C1C)[P+](C)(C)C1(C)C(C)=C(C)C(C)=C1[P+]2(C)C.[I-].[I-]. The van der Waals surface area contributed by atoms with Gasteiger partial charge in [0.25, 0.3) is 0 Å². The molecule has 2 unspecified atom stereocenters. The van der Waals surface area contributed by atoms with Crippen LogP contribution in [0.15, 0.2) is 44.1 Å². The van der Waals surface area contributed by atoms with Gasteiger partial charge in [-0.05, 0) is 88.8 Å². The first-order valence-electron chi connectivity index (χ1n) is 9.18. The van der Waals surface area contributed by atoms with Crippen LogP contribution in [0.4, 0.5) is 0 Å². The average Bonchev–Trinajstić information content (AvgIpc) is 2.77. The predicted octanol–water partition coefficient (Wildman–Crippen LogP) is 1.33. The van der Waals surface area contributed by atoms with Gasteiger partial charge >= 0.3 is 0 Å². The summed E-state index contributed by atoms with van der Waals surface area (Å²) in [6, 6.07) is 0. The van der Waals surface area contributed by atoms with E-state index in [9.17, 15) is 0 Å². The molecule has 0 aromatic carbocycles. The summed E-state index contributed by atoms with van der Waals surface area (Å²) < 4.78 is 0. The third-order valence-corrected chi connectivity index (χ3v) is 18.4. The van der Waals surface area contributed by atoms with Gasteiger partial charge in [0.1, 0.15) is 10.6 Å². The van der Waals surface area contributed by atoms with E-state index in [1.165, 1.54) is 0 Å². The van der Waals surface area contributed by atoms with E-state index in [0.717, 1.165) is 0 Å². The molecule has 0 aromatic rings. The van der Waals surface area contributed by atoms with Crippen molar-refractivity contribution in [3.05, 3.63) is 44.1 Å². The van der Waals surface area contributed by atoms with E-state index >= 15 is 0 Å². The van der Waals surface area contributed by atoms with Crippen LogP contribution in [0.1, 0.15) is 55.4 Å². The molecule has 0 aromatic heterocycles.